The summed E-state index contributed by atoms with van der Waals surface area (Å²) in [4.78, 5) is 12.4. The van der Waals surface area contributed by atoms with Crippen LogP contribution < -0.4 is 4.72 Å². The average molecular weight is 250 g/mol. The fraction of sp³-hybridized carbons (Fsp3) is 0.889. The molecule has 0 radical (unpaired) electrons. The Morgan fingerprint density at radius 1 is 1.56 bits per heavy atom. The van der Waals surface area contributed by atoms with Gasteiger partial charge in [-0.05, 0) is 26.4 Å². The van der Waals surface area contributed by atoms with Gasteiger partial charge in [0.1, 0.15) is 0 Å². The van der Waals surface area contributed by atoms with Crippen LogP contribution in [0.3, 0.4) is 0 Å². The monoisotopic (exact) mass is 250 g/mol. The molecule has 1 rings (SSSR count). The molecule has 0 bridgehead atoms. The summed E-state index contributed by atoms with van der Waals surface area (Å²) >= 11 is 0. The molecule has 0 amide bonds. The van der Waals surface area contributed by atoms with Crippen LogP contribution in [0.4, 0.5) is 0 Å². The number of nitrogens with zero attached hydrogens (tertiary/aromatic N) is 1. The van der Waals surface area contributed by atoms with Gasteiger partial charge >= 0.3 is 5.97 Å². The Kier molecular flexibility index (Phi) is 4.69. The molecule has 1 fully saturated rings. The zero-order valence-electron chi connectivity index (χ0n) is 9.35. The molecule has 1 heterocycles. The average Bonchev–Trinajstić information content (AvgIpc) is 2.59. The summed E-state index contributed by atoms with van der Waals surface area (Å²) in [6.45, 7) is 1.36. The number of aliphatic carboxylic acids is 1. The van der Waals surface area contributed by atoms with Crippen molar-refractivity contribution in [2.75, 3.05) is 25.9 Å². The molecule has 1 aliphatic rings. The number of nitrogens with one attached hydrogen (secondary N) is 1. The Hall–Kier alpha value is -0.660. The van der Waals surface area contributed by atoms with Crippen LogP contribution in [-0.4, -0.2) is 56.3 Å². The molecule has 0 aromatic carbocycles. The lowest BCUT2D eigenvalue weighted by Crippen LogP contribution is -2.39. The number of carbonyl (C=O) groups is 1. The molecule has 1 atom stereocenters. The second-order valence-corrected chi connectivity index (χ2v) is 6.01. The predicted octanol–water partition coefficient (Wildman–Crippen LogP) is -0.525. The van der Waals surface area contributed by atoms with Gasteiger partial charge in [0, 0.05) is 12.6 Å². The Labute approximate surface area is 95.7 Å². The van der Waals surface area contributed by atoms with E-state index in [0.717, 1.165) is 19.4 Å². The molecule has 0 aliphatic carbocycles. The molecule has 1 unspecified atom stereocenters. The lowest BCUT2D eigenvalue weighted by Gasteiger charge is -2.19. The van der Waals surface area contributed by atoms with Crippen LogP contribution in [-0.2, 0) is 14.8 Å². The van der Waals surface area contributed by atoms with Crippen molar-refractivity contribution < 1.29 is 18.3 Å². The van der Waals surface area contributed by atoms with Gasteiger partial charge in [-0.15, -0.1) is 0 Å². The zero-order chi connectivity index (χ0) is 12.2. The van der Waals surface area contributed by atoms with E-state index in [2.05, 4.69) is 9.62 Å². The molecular weight excluding hydrogens is 232 g/mol. The van der Waals surface area contributed by atoms with Gasteiger partial charge in [-0.2, -0.15) is 0 Å². The lowest BCUT2D eigenvalue weighted by atomic mass is 10.2. The summed E-state index contributed by atoms with van der Waals surface area (Å²) in [7, 11) is -1.48. The quantitative estimate of drug-likeness (QED) is 0.662. The first-order valence-electron chi connectivity index (χ1n) is 5.30. The van der Waals surface area contributed by atoms with E-state index in [1.54, 1.807) is 0 Å². The first-order chi connectivity index (χ1) is 7.41. The molecular formula is C9H18N2O4S. The molecule has 6 nitrogen and oxygen atoms in total. The summed E-state index contributed by atoms with van der Waals surface area (Å²) < 4.78 is 25.3. The van der Waals surface area contributed by atoms with E-state index in [0.29, 0.717) is 6.54 Å². The highest BCUT2D eigenvalue weighted by Crippen LogP contribution is 2.13. The van der Waals surface area contributed by atoms with Gasteiger partial charge in [0.2, 0.25) is 10.0 Å². The van der Waals surface area contributed by atoms with Crippen molar-refractivity contribution in [1.82, 2.24) is 9.62 Å². The maximum Gasteiger partial charge on any atom is 0.304 e. The van der Waals surface area contributed by atoms with Crippen molar-refractivity contribution in [3.05, 3.63) is 0 Å². The number of sulfonamides is 1. The first-order valence-corrected chi connectivity index (χ1v) is 6.95. The topological polar surface area (TPSA) is 86.7 Å². The summed E-state index contributed by atoms with van der Waals surface area (Å²) in [5.74, 6) is -1.44. The molecule has 94 valence electrons. The van der Waals surface area contributed by atoms with E-state index in [1.165, 1.54) is 0 Å². The Bertz CT molecular complexity index is 341. The SMILES string of the molecule is CN1CCCC1CNS(=O)(=O)CCC(=O)O. The van der Waals surface area contributed by atoms with Crippen molar-refractivity contribution in [1.29, 1.82) is 0 Å². The van der Waals surface area contributed by atoms with Crippen molar-refractivity contribution in [3.8, 4) is 0 Å². The maximum absolute atomic E-state index is 11.4. The number of likely N-dealkylation sites (N-methyl/N-ethyl adjacent to an activating group) is 1. The zero-order valence-corrected chi connectivity index (χ0v) is 10.2. The maximum atomic E-state index is 11.4. The number of hydrogen-bond donors (Lipinski definition) is 2. The Morgan fingerprint density at radius 3 is 2.75 bits per heavy atom. The molecule has 2 N–H and O–H groups in total. The minimum absolute atomic E-state index is 0.236. The van der Waals surface area contributed by atoms with E-state index in [9.17, 15) is 13.2 Å². The second-order valence-electron chi connectivity index (χ2n) is 4.09. The van der Waals surface area contributed by atoms with E-state index in [-0.39, 0.29) is 18.2 Å². The molecule has 7 heteroatoms. The van der Waals surface area contributed by atoms with Gasteiger partial charge in [-0.25, -0.2) is 13.1 Å². The summed E-state index contributed by atoms with van der Waals surface area (Å²) in [5.41, 5.74) is 0. The molecule has 1 aliphatic heterocycles. The van der Waals surface area contributed by atoms with Crippen LogP contribution in [0.25, 0.3) is 0 Å². The van der Waals surface area contributed by atoms with E-state index >= 15 is 0 Å². The normalized spacial score (nSPS) is 22.4. The fourth-order valence-electron chi connectivity index (χ4n) is 1.75. The number of carboxylic acids is 1. The second kappa shape index (κ2) is 5.60. The third kappa shape index (κ3) is 4.46. The van der Waals surface area contributed by atoms with Crippen LogP contribution in [0.15, 0.2) is 0 Å². The molecule has 0 spiro atoms. The van der Waals surface area contributed by atoms with Crippen molar-refractivity contribution in [2.45, 2.75) is 25.3 Å². The number of hydrogen-bond acceptors (Lipinski definition) is 4. The van der Waals surface area contributed by atoms with E-state index in [4.69, 9.17) is 5.11 Å². The first kappa shape index (κ1) is 13.4. The largest absolute Gasteiger partial charge is 0.481 e. The Morgan fingerprint density at radius 2 is 2.25 bits per heavy atom. The van der Waals surface area contributed by atoms with Gasteiger partial charge in [-0.1, -0.05) is 0 Å². The Balaban J connectivity index is 2.33. The van der Waals surface area contributed by atoms with Gasteiger partial charge < -0.3 is 10.0 Å². The third-order valence-electron chi connectivity index (χ3n) is 2.80. The van der Waals surface area contributed by atoms with Gasteiger partial charge in [0.05, 0.1) is 12.2 Å². The minimum Gasteiger partial charge on any atom is -0.481 e. The molecule has 0 aromatic rings. The highest BCUT2D eigenvalue weighted by atomic mass is 32.2. The van der Waals surface area contributed by atoms with E-state index in [1.807, 2.05) is 7.05 Å². The van der Waals surface area contributed by atoms with Crippen molar-refractivity contribution in [2.24, 2.45) is 0 Å². The predicted molar refractivity (Wildman–Crippen MR) is 59.7 cm³/mol. The van der Waals surface area contributed by atoms with Crippen LogP contribution >= 0.6 is 0 Å². The van der Waals surface area contributed by atoms with E-state index < -0.39 is 16.0 Å². The van der Waals surface area contributed by atoms with Crippen LogP contribution in [0.1, 0.15) is 19.3 Å². The number of likely N-dealkylation sites (tertiary alicyclic amines) is 1. The van der Waals surface area contributed by atoms with Gasteiger partial charge in [-0.3, -0.25) is 4.79 Å². The molecule has 1 saturated heterocycles. The highest BCUT2D eigenvalue weighted by molar-refractivity contribution is 7.89. The smallest absolute Gasteiger partial charge is 0.304 e. The van der Waals surface area contributed by atoms with Crippen LogP contribution in [0.5, 0.6) is 0 Å². The minimum atomic E-state index is -3.45. The molecule has 16 heavy (non-hydrogen) atoms. The van der Waals surface area contributed by atoms with Crippen LogP contribution in [0.2, 0.25) is 0 Å². The summed E-state index contributed by atoms with van der Waals surface area (Å²) in [5, 5.41) is 8.40. The van der Waals surface area contributed by atoms with Crippen LogP contribution in [0, 0.1) is 0 Å². The summed E-state index contributed by atoms with van der Waals surface area (Å²) in [6, 6.07) is 0.236. The summed E-state index contributed by atoms with van der Waals surface area (Å²) in [6.07, 6.45) is 1.71. The standard InChI is InChI=1S/C9H18N2O4S/c1-11-5-2-3-8(11)7-10-16(14,15)6-4-9(12)13/h8,10H,2-7H2,1H3,(H,12,13). The highest BCUT2D eigenvalue weighted by Gasteiger charge is 2.22. The fourth-order valence-corrected chi connectivity index (χ4v) is 2.79. The molecule has 0 saturated carbocycles. The lowest BCUT2D eigenvalue weighted by molar-refractivity contribution is -0.136. The molecule has 0 aromatic heterocycles. The number of carboxylic acid groups (broad SMARTS) is 1. The van der Waals surface area contributed by atoms with Crippen molar-refractivity contribution >= 4 is 16.0 Å². The van der Waals surface area contributed by atoms with Crippen molar-refractivity contribution in [3.63, 3.8) is 0 Å². The van der Waals surface area contributed by atoms with Gasteiger partial charge in [0.25, 0.3) is 0 Å². The third-order valence-corrected chi connectivity index (χ3v) is 4.14. The van der Waals surface area contributed by atoms with Gasteiger partial charge in [0.15, 0.2) is 0 Å². The number of rotatable bonds is 6.